The molecule has 6 nitrogen and oxygen atoms in total. The Bertz CT molecular complexity index is 982. The summed E-state index contributed by atoms with van der Waals surface area (Å²) >= 11 is 12.1. The van der Waals surface area contributed by atoms with Crippen LogP contribution in [0.25, 0.3) is 0 Å². The predicted molar refractivity (Wildman–Crippen MR) is 137 cm³/mol. The molecule has 4 rings (SSSR count). The number of anilines is 1. The molecule has 2 fully saturated rings. The first kappa shape index (κ1) is 24.8. The molecular weight excluding hydrogens is 471 g/mol. The summed E-state index contributed by atoms with van der Waals surface area (Å²) in [5.74, 6) is 0.101. The van der Waals surface area contributed by atoms with E-state index in [-0.39, 0.29) is 18.0 Å². The first-order chi connectivity index (χ1) is 16.5. The Hall–Kier alpha value is -2.28. The van der Waals surface area contributed by atoms with E-state index in [1.165, 1.54) is 19.3 Å². The third kappa shape index (κ3) is 6.44. The van der Waals surface area contributed by atoms with Crippen molar-refractivity contribution in [1.29, 1.82) is 0 Å². The summed E-state index contributed by atoms with van der Waals surface area (Å²) < 4.78 is 0. The molecule has 0 aromatic heterocycles. The van der Waals surface area contributed by atoms with Crippen molar-refractivity contribution in [2.45, 2.75) is 38.1 Å². The lowest BCUT2D eigenvalue weighted by molar-refractivity contribution is -0.130. The first-order valence-electron chi connectivity index (χ1n) is 12.1. The van der Waals surface area contributed by atoms with Gasteiger partial charge in [0.25, 0.3) is 0 Å². The topological polar surface area (TPSA) is 55.9 Å². The molecule has 0 radical (unpaired) electrons. The molecule has 1 N–H and O–H groups in total. The number of benzene rings is 2. The number of halogens is 2. The zero-order valence-electron chi connectivity index (χ0n) is 19.4. The molecule has 2 saturated heterocycles. The zero-order chi connectivity index (χ0) is 23.9. The highest BCUT2D eigenvalue weighted by atomic mass is 35.5. The summed E-state index contributed by atoms with van der Waals surface area (Å²) in [7, 11) is 0. The Labute approximate surface area is 211 Å². The molecule has 1 atom stereocenters. The van der Waals surface area contributed by atoms with Gasteiger partial charge in [-0.05, 0) is 62.7 Å². The molecule has 0 bridgehead atoms. The molecule has 2 aliphatic heterocycles. The minimum absolute atomic E-state index is 0.101. The Morgan fingerprint density at radius 1 is 0.941 bits per heavy atom. The monoisotopic (exact) mass is 502 g/mol. The van der Waals surface area contributed by atoms with Gasteiger partial charge in [-0.3, -0.25) is 4.79 Å². The molecule has 0 saturated carbocycles. The Balaban J connectivity index is 1.47. The third-order valence-corrected chi connectivity index (χ3v) is 7.39. The Kier molecular flexibility index (Phi) is 8.70. The largest absolute Gasteiger partial charge is 0.340 e. The molecule has 2 aromatic carbocycles. The average molecular weight is 503 g/mol. The van der Waals surface area contributed by atoms with Crippen LogP contribution < -0.4 is 5.32 Å². The number of amides is 3. The number of nitrogens with zero attached hydrogens (tertiary/aromatic N) is 3. The van der Waals surface area contributed by atoms with Gasteiger partial charge in [-0.15, -0.1) is 0 Å². The molecule has 8 heteroatoms. The summed E-state index contributed by atoms with van der Waals surface area (Å²) in [5.41, 5.74) is 1.59. The second-order valence-electron chi connectivity index (χ2n) is 9.02. The van der Waals surface area contributed by atoms with Crippen molar-refractivity contribution >= 4 is 40.8 Å². The van der Waals surface area contributed by atoms with Gasteiger partial charge in [0.05, 0.1) is 16.1 Å². The molecule has 0 spiro atoms. The van der Waals surface area contributed by atoms with Crippen LogP contribution in [0.3, 0.4) is 0 Å². The van der Waals surface area contributed by atoms with Crippen molar-refractivity contribution in [3.63, 3.8) is 0 Å². The molecule has 182 valence electrons. The van der Waals surface area contributed by atoms with Crippen molar-refractivity contribution < 1.29 is 9.59 Å². The Morgan fingerprint density at radius 3 is 2.44 bits per heavy atom. The highest BCUT2D eigenvalue weighted by Gasteiger charge is 2.32. The van der Waals surface area contributed by atoms with Gasteiger partial charge in [0.15, 0.2) is 0 Å². The van der Waals surface area contributed by atoms with Crippen LogP contribution in [-0.4, -0.2) is 65.9 Å². The molecule has 0 unspecified atom stereocenters. The van der Waals surface area contributed by atoms with Crippen LogP contribution in [0.1, 0.15) is 43.7 Å². The van der Waals surface area contributed by atoms with Gasteiger partial charge in [-0.25, -0.2) is 4.79 Å². The van der Waals surface area contributed by atoms with Crippen LogP contribution in [0, 0.1) is 0 Å². The predicted octanol–water partition coefficient (Wildman–Crippen LogP) is 5.68. The number of nitrogens with one attached hydrogen (secondary N) is 1. The van der Waals surface area contributed by atoms with Crippen LogP contribution in [0.4, 0.5) is 10.5 Å². The fraction of sp³-hybridized carbons (Fsp3) is 0.462. The number of likely N-dealkylation sites (tertiary alicyclic amines) is 1. The van der Waals surface area contributed by atoms with E-state index < -0.39 is 0 Å². The quantitative estimate of drug-likeness (QED) is 0.552. The SMILES string of the molecule is O=C1CCN(C(=O)Nc2ccc(Cl)c(Cl)c2)[C@H](c2ccccc2)CN1CCCN1CCCCC1. The lowest BCUT2D eigenvalue weighted by atomic mass is 10.1. The van der Waals surface area contributed by atoms with Gasteiger partial charge in [0, 0.05) is 31.7 Å². The second-order valence-corrected chi connectivity index (χ2v) is 9.84. The van der Waals surface area contributed by atoms with Crippen molar-refractivity contribution in [2.24, 2.45) is 0 Å². The summed E-state index contributed by atoms with van der Waals surface area (Å²) in [6.45, 7) is 4.88. The van der Waals surface area contributed by atoms with Crippen LogP contribution >= 0.6 is 23.2 Å². The highest BCUT2D eigenvalue weighted by Crippen LogP contribution is 2.29. The second kappa shape index (κ2) is 11.9. The number of hydrogen-bond donors (Lipinski definition) is 1. The molecule has 2 aliphatic rings. The number of hydrogen-bond acceptors (Lipinski definition) is 3. The van der Waals surface area contributed by atoms with Crippen LogP contribution in [-0.2, 0) is 4.79 Å². The number of rotatable bonds is 6. The molecule has 34 heavy (non-hydrogen) atoms. The van der Waals surface area contributed by atoms with E-state index in [9.17, 15) is 9.59 Å². The smallest absolute Gasteiger partial charge is 0.322 e. The fourth-order valence-electron chi connectivity index (χ4n) is 4.80. The van der Waals surface area contributed by atoms with E-state index in [0.29, 0.717) is 41.8 Å². The maximum absolute atomic E-state index is 13.3. The van der Waals surface area contributed by atoms with Crippen molar-refractivity contribution in [3.8, 4) is 0 Å². The standard InChI is InChI=1S/C26H32Cl2N4O2/c27-22-11-10-21(18-23(22)28)29-26(34)32-17-12-25(33)31(16-7-15-30-13-5-2-6-14-30)19-24(32)20-8-3-1-4-9-20/h1,3-4,8-11,18,24H,2,5-7,12-17,19H2,(H,29,34)/t24-/m0/s1. The molecule has 0 aliphatic carbocycles. The minimum Gasteiger partial charge on any atom is -0.340 e. The van der Waals surface area contributed by atoms with Crippen LogP contribution in [0.2, 0.25) is 10.0 Å². The molecular formula is C26H32Cl2N4O2. The van der Waals surface area contributed by atoms with Gasteiger partial charge in [0.1, 0.15) is 0 Å². The number of piperidine rings is 1. The summed E-state index contributed by atoms with van der Waals surface area (Å²) in [6, 6.07) is 14.5. The van der Waals surface area contributed by atoms with Gasteiger partial charge < -0.3 is 20.0 Å². The van der Waals surface area contributed by atoms with E-state index in [1.54, 1.807) is 23.1 Å². The number of carbonyl (C=O) groups excluding carboxylic acids is 2. The summed E-state index contributed by atoms with van der Waals surface area (Å²) in [6.07, 6.45) is 5.10. The molecule has 2 aromatic rings. The van der Waals surface area contributed by atoms with Gasteiger partial charge in [-0.1, -0.05) is 60.0 Å². The lowest BCUT2D eigenvalue weighted by Crippen LogP contribution is -2.41. The third-order valence-electron chi connectivity index (χ3n) is 6.66. The number of carbonyl (C=O) groups is 2. The molecule has 2 heterocycles. The zero-order valence-corrected chi connectivity index (χ0v) is 20.9. The van der Waals surface area contributed by atoms with E-state index in [2.05, 4.69) is 10.2 Å². The van der Waals surface area contributed by atoms with Crippen molar-refractivity contribution in [1.82, 2.24) is 14.7 Å². The van der Waals surface area contributed by atoms with Crippen molar-refractivity contribution in [3.05, 3.63) is 64.1 Å². The summed E-state index contributed by atoms with van der Waals surface area (Å²) in [4.78, 5) is 32.5. The lowest BCUT2D eigenvalue weighted by Gasteiger charge is -2.33. The maximum atomic E-state index is 13.3. The van der Waals surface area contributed by atoms with E-state index in [4.69, 9.17) is 23.2 Å². The van der Waals surface area contributed by atoms with Crippen LogP contribution in [0.15, 0.2) is 48.5 Å². The molecule has 3 amide bonds. The fourth-order valence-corrected chi connectivity index (χ4v) is 5.09. The first-order valence-corrected chi connectivity index (χ1v) is 12.8. The van der Waals surface area contributed by atoms with Gasteiger partial charge in [-0.2, -0.15) is 0 Å². The van der Waals surface area contributed by atoms with E-state index >= 15 is 0 Å². The minimum atomic E-state index is -0.254. The summed E-state index contributed by atoms with van der Waals surface area (Å²) in [5, 5.41) is 3.74. The van der Waals surface area contributed by atoms with Crippen LogP contribution in [0.5, 0.6) is 0 Å². The van der Waals surface area contributed by atoms with E-state index in [1.807, 2.05) is 35.2 Å². The van der Waals surface area contributed by atoms with E-state index in [0.717, 1.165) is 31.6 Å². The normalized spacial score (nSPS) is 19.7. The Morgan fingerprint density at radius 2 is 1.71 bits per heavy atom. The highest BCUT2D eigenvalue weighted by molar-refractivity contribution is 6.42. The average Bonchev–Trinajstić information content (AvgIpc) is 3.02. The number of urea groups is 1. The van der Waals surface area contributed by atoms with Crippen molar-refractivity contribution in [2.75, 3.05) is 44.6 Å². The van der Waals surface area contributed by atoms with Gasteiger partial charge in [0.2, 0.25) is 5.91 Å². The maximum Gasteiger partial charge on any atom is 0.322 e. The van der Waals surface area contributed by atoms with Gasteiger partial charge >= 0.3 is 6.03 Å².